The Bertz CT molecular complexity index is 829. The Hall–Kier alpha value is -2.51. The van der Waals surface area contributed by atoms with Gasteiger partial charge in [-0.1, -0.05) is 18.6 Å². The molecule has 1 aliphatic heterocycles. The molecular weight excluding hydrogens is 373 g/mol. The van der Waals surface area contributed by atoms with E-state index in [1.54, 1.807) is 36.5 Å². The fraction of sp³-hybridized carbons (Fsp3) is 0.455. The second kappa shape index (κ2) is 8.88. The molecule has 29 heavy (non-hydrogen) atoms. The lowest BCUT2D eigenvalue weighted by Gasteiger charge is -2.37. The number of aromatic nitrogens is 1. The van der Waals surface area contributed by atoms with E-state index in [1.807, 2.05) is 0 Å². The highest BCUT2D eigenvalue weighted by molar-refractivity contribution is 5.92. The van der Waals surface area contributed by atoms with Gasteiger partial charge in [0.15, 0.2) is 0 Å². The molecule has 0 unspecified atom stereocenters. The summed E-state index contributed by atoms with van der Waals surface area (Å²) in [4.78, 5) is 19.0. The number of aliphatic hydroxyl groups is 1. The molecule has 1 aliphatic carbocycles. The summed E-state index contributed by atoms with van der Waals surface area (Å²) in [5.41, 5.74) is 0.342. The number of ether oxygens (including phenoxy) is 1. The molecule has 1 aromatic heterocycles. The van der Waals surface area contributed by atoms with Crippen molar-refractivity contribution in [3.63, 3.8) is 0 Å². The zero-order chi connectivity index (χ0) is 20.2. The quantitative estimate of drug-likeness (QED) is 0.808. The molecule has 4 rings (SSSR count). The van der Waals surface area contributed by atoms with Gasteiger partial charge in [0.1, 0.15) is 29.5 Å². The number of hydrogen-bond donors (Lipinski definition) is 2. The smallest absolute Gasteiger partial charge is 0.270 e. The monoisotopic (exact) mass is 399 g/mol. The summed E-state index contributed by atoms with van der Waals surface area (Å²) in [6.07, 6.45) is 4.02. The first-order valence-corrected chi connectivity index (χ1v) is 10.2. The highest BCUT2D eigenvalue weighted by Gasteiger charge is 2.47. The van der Waals surface area contributed by atoms with Crippen LogP contribution in [0.25, 0.3) is 0 Å². The molecule has 0 radical (unpaired) electrons. The molecule has 6 nitrogen and oxygen atoms in total. The van der Waals surface area contributed by atoms with E-state index in [1.165, 1.54) is 18.6 Å². The van der Waals surface area contributed by atoms with Crippen molar-refractivity contribution in [2.24, 2.45) is 0 Å². The van der Waals surface area contributed by atoms with Gasteiger partial charge in [-0.2, -0.15) is 0 Å². The minimum absolute atomic E-state index is 0.249. The van der Waals surface area contributed by atoms with Gasteiger partial charge in [0.25, 0.3) is 5.91 Å². The van der Waals surface area contributed by atoms with Crippen LogP contribution in [0.5, 0.6) is 5.75 Å². The van der Waals surface area contributed by atoms with Crippen molar-refractivity contribution >= 4 is 5.91 Å². The number of aliphatic hydroxyl groups excluding tert-OH is 1. The minimum Gasteiger partial charge on any atom is -0.487 e. The van der Waals surface area contributed by atoms with Crippen LogP contribution < -0.4 is 10.1 Å². The number of nitrogens with zero attached hydrogens (tertiary/aromatic N) is 2. The Kier molecular flexibility index (Phi) is 6.06. The van der Waals surface area contributed by atoms with Crippen LogP contribution in [0.3, 0.4) is 0 Å². The van der Waals surface area contributed by atoms with E-state index >= 15 is 0 Å². The normalized spacial score (nSPS) is 27.5. The van der Waals surface area contributed by atoms with Gasteiger partial charge in [-0.25, -0.2) is 4.39 Å². The summed E-state index contributed by atoms with van der Waals surface area (Å²) in [7, 11) is 0. The summed E-state index contributed by atoms with van der Waals surface area (Å²) in [5.74, 6) is -0.276. The molecule has 0 bridgehead atoms. The second-order valence-electron chi connectivity index (χ2n) is 7.72. The van der Waals surface area contributed by atoms with Crippen LogP contribution in [-0.4, -0.2) is 58.3 Å². The molecule has 2 fully saturated rings. The predicted octanol–water partition coefficient (Wildman–Crippen LogP) is 2.39. The van der Waals surface area contributed by atoms with Gasteiger partial charge in [0.2, 0.25) is 0 Å². The SMILES string of the molecule is O=C(N[C@@H]1C[C@@H](Oc2cccc(F)c2)[C@H](O)[C@H]1N1CCCCC1)c1ccccn1. The topological polar surface area (TPSA) is 74.7 Å². The number of carbonyl (C=O) groups excluding carboxylic acids is 1. The lowest BCUT2D eigenvalue weighted by Crippen LogP contribution is -2.54. The standard InChI is InChI=1S/C22H26FN3O3/c23-15-7-6-8-16(13-15)29-19-14-18(25-22(28)17-9-2-3-10-24-17)20(21(19)27)26-11-4-1-5-12-26/h2-3,6-10,13,18-21,27H,1,4-5,11-12,14H2,(H,25,28)/t18-,19-,20+,21+/m1/s1. The van der Waals surface area contributed by atoms with E-state index in [0.29, 0.717) is 17.9 Å². The Morgan fingerprint density at radius 1 is 1.17 bits per heavy atom. The molecule has 1 amide bonds. The molecule has 2 heterocycles. The zero-order valence-electron chi connectivity index (χ0n) is 16.2. The Balaban J connectivity index is 1.52. The number of carbonyl (C=O) groups is 1. The van der Waals surface area contributed by atoms with Crippen molar-refractivity contribution in [1.82, 2.24) is 15.2 Å². The maximum absolute atomic E-state index is 13.5. The van der Waals surface area contributed by atoms with Crippen LogP contribution in [0.15, 0.2) is 48.7 Å². The number of piperidine rings is 1. The summed E-state index contributed by atoms with van der Waals surface area (Å²) in [5, 5.41) is 14.1. The van der Waals surface area contributed by atoms with Crippen molar-refractivity contribution in [3.05, 3.63) is 60.2 Å². The van der Waals surface area contributed by atoms with Crippen LogP contribution in [0.2, 0.25) is 0 Å². The van der Waals surface area contributed by atoms with Crippen LogP contribution in [0.4, 0.5) is 4.39 Å². The first kappa shape index (κ1) is 19.8. The van der Waals surface area contributed by atoms with Crippen molar-refractivity contribution < 1.29 is 19.0 Å². The van der Waals surface area contributed by atoms with E-state index in [2.05, 4.69) is 15.2 Å². The molecule has 2 aliphatic rings. The number of likely N-dealkylation sites (tertiary alicyclic amines) is 1. The van der Waals surface area contributed by atoms with Gasteiger partial charge in [0, 0.05) is 18.7 Å². The van der Waals surface area contributed by atoms with Gasteiger partial charge in [-0.05, 0) is 50.2 Å². The third kappa shape index (κ3) is 4.57. The van der Waals surface area contributed by atoms with Gasteiger partial charge in [0.05, 0.1) is 12.1 Å². The molecule has 7 heteroatoms. The van der Waals surface area contributed by atoms with Crippen LogP contribution in [0, 0.1) is 5.82 Å². The number of halogens is 1. The zero-order valence-corrected chi connectivity index (χ0v) is 16.2. The van der Waals surface area contributed by atoms with Gasteiger partial charge in [-0.15, -0.1) is 0 Å². The molecule has 1 saturated carbocycles. The highest BCUT2D eigenvalue weighted by Crippen LogP contribution is 2.31. The average molecular weight is 399 g/mol. The maximum Gasteiger partial charge on any atom is 0.270 e. The van der Waals surface area contributed by atoms with Crippen molar-refractivity contribution in [2.45, 2.75) is 50.0 Å². The Morgan fingerprint density at radius 2 is 2.00 bits per heavy atom. The fourth-order valence-electron chi connectivity index (χ4n) is 4.39. The van der Waals surface area contributed by atoms with Gasteiger partial charge >= 0.3 is 0 Å². The average Bonchev–Trinajstić information content (AvgIpc) is 3.04. The molecule has 2 N–H and O–H groups in total. The van der Waals surface area contributed by atoms with Crippen LogP contribution >= 0.6 is 0 Å². The molecule has 2 aromatic rings. The number of hydrogen-bond acceptors (Lipinski definition) is 5. The van der Waals surface area contributed by atoms with Crippen LogP contribution in [-0.2, 0) is 0 Å². The van der Waals surface area contributed by atoms with Crippen molar-refractivity contribution in [3.8, 4) is 5.75 Å². The van der Waals surface area contributed by atoms with E-state index in [4.69, 9.17) is 4.74 Å². The Morgan fingerprint density at radius 3 is 2.72 bits per heavy atom. The van der Waals surface area contributed by atoms with Gasteiger partial charge in [-0.3, -0.25) is 14.7 Å². The minimum atomic E-state index is -0.787. The lowest BCUT2D eigenvalue weighted by atomic mass is 10.0. The summed E-state index contributed by atoms with van der Waals surface area (Å²) in [6.45, 7) is 1.76. The summed E-state index contributed by atoms with van der Waals surface area (Å²) >= 11 is 0. The highest BCUT2D eigenvalue weighted by atomic mass is 19.1. The molecular formula is C22H26FN3O3. The first-order chi connectivity index (χ1) is 14.1. The van der Waals surface area contributed by atoms with E-state index < -0.39 is 12.2 Å². The maximum atomic E-state index is 13.5. The molecule has 1 aromatic carbocycles. The van der Waals surface area contributed by atoms with Crippen molar-refractivity contribution in [2.75, 3.05) is 13.1 Å². The number of amides is 1. The van der Waals surface area contributed by atoms with E-state index in [-0.39, 0.29) is 23.8 Å². The van der Waals surface area contributed by atoms with Crippen LogP contribution in [0.1, 0.15) is 36.2 Å². The molecule has 4 atom stereocenters. The fourth-order valence-corrected chi connectivity index (χ4v) is 4.39. The first-order valence-electron chi connectivity index (χ1n) is 10.2. The van der Waals surface area contributed by atoms with Gasteiger partial charge < -0.3 is 15.2 Å². The number of pyridine rings is 1. The number of nitrogens with one attached hydrogen (secondary N) is 1. The third-order valence-corrected chi connectivity index (χ3v) is 5.74. The lowest BCUT2D eigenvalue weighted by molar-refractivity contribution is 0.00136. The predicted molar refractivity (Wildman–Crippen MR) is 106 cm³/mol. The second-order valence-corrected chi connectivity index (χ2v) is 7.72. The Labute approximate surface area is 169 Å². The summed E-state index contributed by atoms with van der Waals surface area (Å²) < 4.78 is 19.5. The molecule has 0 spiro atoms. The number of benzene rings is 1. The summed E-state index contributed by atoms with van der Waals surface area (Å²) in [6, 6.07) is 10.6. The largest absolute Gasteiger partial charge is 0.487 e. The third-order valence-electron chi connectivity index (χ3n) is 5.74. The molecule has 154 valence electrons. The molecule has 1 saturated heterocycles. The van der Waals surface area contributed by atoms with E-state index in [9.17, 15) is 14.3 Å². The number of rotatable bonds is 5. The van der Waals surface area contributed by atoms with E-state index in [0.717, 1.165) is 25.9 Å². The van der Waals surface area contributed by atoms with Crippen molar-refractivity contribution in [1.29, 1.82) is 0 Å².